The molecule has 1 unspecified atom stereocenters. The number of hydrogen-bond donors (Lipinski definition) is 1. The SMILES string of the molecule is CC(C)c1ccc(NC(=O)C(C)N(C)Cc2ccccc2N2CCOCC2)cc1. The summed E-state index contributed by atoms with van der Waals surface area (Å²) >= 11 is 0. The number of benzene rings is 2. The summed E-state index contributed by atoms with van der Waals surface area (Å²) in [4.78, 5) is 17.2. The van der Waals surface area contributed by atoms with E-state index in [0.717, 1.165) is 32.0 Å². The number of ether oxygens (including phenoxy) is 1. The van der Waals surface area contributed by atoms with Crippen LogP contribution in [0.2, 0.25) is 0 Å². The average Bonchev–Trinajstić information content (AvgIpc) is 2.74. The van der Waals surface area contributed by atoms with Gasteiger partial charge < -0.3 is 15.0 Å². The number of para-hydroxylation sites is 1. The highest BCUT2D eigenvalue weighted by Gasteiger charge is 2.21. The number of carbonyl (C=O) groups excluding carboxylic acids is 1. The molecule has 1 N–H and O–H groups in total. The Balaban J connectivity index is 1.63. The minimum atomic E-state index is -0.238. The van der Waals surface area contributed by atoms with Gasteiger partial charge in [0.15, 0.2) is 0 Å². The van der Waals surface area contributed by atoms with E-state index in [-0.39, 0.29) is 11.9 Å². The van der Waals surface area contributed by atoms with Crippen molar-refractivity contribution in [3.05, 3.63) is 59.7 Å². The molecule has 1 aliphatic rings. The molecule has 29 heavy (non-hydrogen) atoms. The summed E-state index contributed by atoms with van der Waals surface area (Å²) < 4.78 is 5.48. The number of nitrogens with one attached hydrogen (secondary N) is 1. The largest absolute Gasteiger partial charge is 0.378 e. The summed E-state index contributed by atoms with van der Waals surface area (Å²) in [7, 11) is 2.00. The van der Waals surface area contributed by atoms with Crippen LogP contribution in [0.15, 0.2) is 48.5 Å². The second kappa shape index (κ2) is 9.90. The van der Waals surface area contributed by atoms with Gasteiger partial charge in [-0.15, -0.1) is 0 Å². The van der Waals surface area contributed by atoms with E-state index in [1.807, 2.05) is 26.1 Å². The fourth-order valence-electron chi connectivity index (χ4n) is 3.56. The minimum absolute atomic E-state index is 0.00801. The predicted molar refractivity (Wildman–Crippen MR) is 120 cm³/mol. The van der Waals surface area contributed by atoms with E-state index < -0.39 is 0 Å². The number of rotatable bonds is 7. The standard InChI is InChI=1S/C24H33N3O2/c1-18(2)20-9-11-22(12-10-20)25-24(28)19(3)26(4)17-21-7-5-6-8-23(21)27-13-15-29-16-14-27/h5-12,18-19H,13-17H2,1-4H3,(H,25,28). The third-order valence-corrected chi connectivity index (χ3v) is 5.65. The molecule has 156 valence electrons. The van der Waals surface area contributed by atoms with Crippen LogP contribution < -0.4 is 10.2 Å². The van der Waals surface area contributed by atoms with Gasteiger partial charge >= 0.3 is 0 Å². The molecule has 5 nitrogen and oxygen atoms in total. The van der Waals surface area contributed by atoms with Crippen molar-refractivity contribution in [3.63, 3.8) is 0 Å². The van der Waals surface area contributed by atoms with E-state index in [2.05, 4.69) is 65.4 Å². The molecule has 1 heterocycles. The van der Waals surface area contributed by atoms with Crippen molar-refractivity contribution in [1.82, 2.24) is 4.90 Å². The molecule has 5 heteroatoms. The zero-order valence-corrected chi connectivity index (χ0v) is 18.0. The number of hydrogen-bond acceptors (Lipinski definition) is 4. The van der Waals surface area contributed by atoms with Crippen LogP contribution in [0.5, 0.6) is 0 Å². The van der Waals surface area contributed by atoms with Gasteiger partial charge in [-0.2, -0.15) is 0 Å². The Kier molecular flexibility index (Phi) is 7.29. The summed E-state index contributed by atoms with van der Waals surface area (Å²) in [5.41, 5.74) is 4.58. The predicted octanol–water partition coefficient (Wildman–Crippen LogP) is 4.11. The van der Waals surface area contributed by atoms with Crippen LogP contribution in [0.3, 0.4) is 0 Å². The molecule has 0 aromatic heterocycles. The lowest BCUT2D eigenvalue weighted by Gasteiger charge is -2.32. The van der Waals surface area contributed by atoms with E-state index in [1.54, 1.807) is 0 Å². The first kappa shape index (κ1) is 21.3. The zero-order chi connectivity index (χ0) is 20.8. The minimum Gasteiger partial charge on any atom is -0.378 e. The van der Waals surface area contributed by atoms with Crippen LogP contribution in [0.25, 0.3) is 0 Å². The summed E-state index contributed by atoms with van der Waals surface area (Å²) in [6.07, 6.45) is 0. The summed E-state index contributed by atoms with van der Waals surface area (Å²) in [5.74, 6) is 0.491. The molecule has 2 aromatic carbocycles. The molecular formula is C24H33N3O2. The molecule has 2 aromatic rings. The quantitative estimate of drug-likeness (QED) is 0.766. The van der Waals surface area contributed by atoms with Gasteiger partial charge in [-0.05, 0) is 49.2 Å². The average molecular weight is 396 g/mol. The van der Waals surface area contributed by atoms with Crippen LogP contribution in [-0.2, 0) is 16.1 Å². The third-order valence-electron chi connectivity index (χ3n) is 5.65. The Morgan fingerprint density at radius 1 is 1.07 bits per heavy atom. The molecule has 0 spiro atoms. The van der Waals surface area contributed by atoms with Crippen molar-refractivity contribution >= 4 is 17.3 Å². The molecule has 1 aliphatic heterocycles. The molecule has 0 aliphatic carbocycles. The molecule has 0 radical (unpaired) electrons. The van der Waals surface area contributed by atoms with Gasteiger partial charge in [0.05, 0.1) is 19.3 Å². The third kappa shape index (κ3) is 5.58. The molecule has 3 rings (SSSR count). The van der Waals surface area contributed by atoms with Crippen molar-refractivity contribution in [3.8, 4) is 0 Å². The maximum Gasteiger partial charge on any atom is 0.241 e. The Morgan fingerprint density at radius 3 is 2.38 bits per heavy atom. The van der Waals surface area contributed by atoms with Gasteiger partial charge in [0.1, 0.15) is 0 Å². The summed E-state index contributed by atoms with van der Waals surface area (Å²) in [6, 6.07) is 16.3. The van der Waals surface area contributed by atoms with Crippen molar-refractivity contribution in [2.45, 2.75) is 39.3 Å². The van der Waals surface area contributed by atoms with E-state index in [0.29, 0.717) is 12.5 Å². The number of morpholine rings is 1. The van der Waals surface area contributed by atoms with Crippen LogP contribution in [0.1, 0.15) is 37.8 Å². The van der Waals surface area contributed by atoms with E-state index in [9.17, 15) is 4.79 Å². The van der Waals surface area contributed by atoms with Crippen LogP contribution >= 0.6 is 0 Å². The lowest BCUT2D eigenvalue weighted by molar-refractivity contribution is -0.120. The van der Waals surface area contributed by atoms with Gasteiger partial charge in [0.25, 0.3) is 0 Å². The fourth-order valence-corrected chi connectivity index (χ4v) is 3.56. The van der Waals surface area contributed by atoms with Crippen LogP contribution in [0.4, 0.5) is 11.4 Å². The maximum absolute atomic E-state index is 12.8. The molecule has 1 fully saturated rings. The Morgan fingerprint density at radius 2 is 1.72 bits per heavy atom. The number of anilines is 2. The van der Waals surface area contributed by atoms with E-state index >= 15 is 0 Å². The Bertz CT molecular complexity index is 798. The van der Waals surface area contributed by atoms with Gasteiger partial charge in [-0.25, -0.2) is 0 Å². The normalized spacial score (nSPS) is 15.6. The molecule has 1 amide bonds. The molecule has 0 saturated carbocycles. The highest BCUT2D eigenvalue weighted by Crippen LogP contribution is 2.23. The van der Waals surface area contributed by atoms with E-state index in [4.69, 9.17) is 4.74 Å². The first-order valence-corrected chi connectivity index (χ1v) is 10.5. The number of nitrogens with zero attached hydrogens (tertiary/aromatic N) is 2. The van der Waals surface area contributed by atoms with E-state index in [1.165, 1.54) is 16.8 Å². The topological polar surface area (TPSA) is 44.8 Å². The van der Waals surface area contributed by atoms with Crippen molar-refractivity contribution in [2.24, 2.45) is 0 Å². The smallest absolute Gasteiger partial charge is 0.241 e. The zero-order valence-electron chi connectivity index (χ0n) is 18.0. The van der Waals surface area contributed by atoms with Gasteiger partial charge in [-0.3, -0.25) is 9.69 Å². The monoisotopic (exact) mass is 395 g/mol. The first-order chi connectivity index (χ1) is 14.0. The number of amides is 1. The summed E-state index contributed by atoms with van der Waals surface area (Å²) in [5, 5.41) is 3.04. The van der Waals surface area contributed by atoms with Crippen molar-refractivity contribution in [1.29, 1.82) is 0 Å². The number of carbonyl (C=O) groups is 1. The van der Waals surface area contributed by atoms with Crippen molar-refractivity contribution < 1.29 is 9.53 Å². The highest BCUT2D eigenvalue weighted by molar-refractivity contribution is 5.94. The van der Waals surface area contributed by atoms with Crippen LogP contribution in [-0.4, -0.2) is 50.2 Å². The lowest BCUT2D eigenvalue weighted by Crippen LogP contribution is -2.40. The second-order valence-electron chi connectivity index (χ2n) is 8.09. The second-order valence-corrected chi connectivity index (χ2v) is 8.09. The molecule has 1 saturated heterocycles. The Hall–Kier alpha value is -2.37. The maximum atomic E-state index is 12.8. The Labute approximate surface area is 174 Å². The number of likely N-dealkylation sites (N-methyl/N-ethyl adjacent to an activating group) is 1. The fraction of sp³-hybridized carbons (Fsp3) is 0.458. The van der Waals surface area contributed by atoms with Crippen molar-refractivity contribution in [2.75, 3.05) is 43.6 Å². The summed E-state index contributed by atoms with van der Waals surface area (Å²) in [6.45, 7) is 10.3. The molecule has 0 bridgehead atoms. The van der Waals surface area contributed by atoms with Gasteiger partial charge in [0, 0.05) is 31.0 Å². The first-order valence-electron chi connectivity index (χ1n) is 10.5. The molecule has 1 atom stereocenters. The lowest BCUT2D eigenvalue weighted by atomic mass is 10.0. The van der Waals surface area contributed by atoms with Gasteiger partial charge in [-0.1, -0.05) is 44.2 Å². The molecular weight excluding hydrogens is 362 g/mol. The highest BCUT2D eigenvalue weighted by atomic mass is 16.5. The van der Waals surface area contributed by atoms with Crippen LogP contribution in [0, 0.1) is 0 Å². The van der Waals surface area contributed by atoms with Gasteiger partial charge in [0.2, 0.25) is 5.91 Å².